The number of anilines is 1. The van der Waals surface area contributed by atoms with E-state index < -0.39 is 0 Å². The van der Waals surface area contributed by atoms with Crippen LogP contribution in [0.15, 0.2) is 48.5 Å². The molecule has 0 spiro atoms. The van der Waals surface area contributed by atoms with Gasteiger partial charge in [-0.2, -0.15) is 0 Å². The van der Waals surface area contributed by atoms with E-state index in [1.165, 1.54) is 56.2 Å². The van der Waals surface area contributed by atoms with Gasteiger partial charge in [-0.15, -0.1) is 0 Å². The first kappa shape index (κ1) is 16.8. The number of hydrogen-bond acceptors (Lipinski definition) is 3. The second-order valence-corrected chi connectivity index (χ2v) is 9.80. The van der Waals surface area contributed by atoms with Gasteiger partial charge in [-0.1, -0.05) is 24.3 Å². The molecule has 4 aliphatic carbocycles. The Bertz CT molecular complexity index is 827. The number of rotatable bonds is 5. The minimum atomic E-state index is 0.313. The lowest BCUT2D eigenvalue weighted by molar-refractivity contribution is -0.0596. The normalized spacial score (nSPS) is 33.1. The Balaban J connectivity index is 1.32. The number of ether oxygens (including phenoxy) is 2. The molecule has 1 heterocycles. The molecule has 4 bridgehead atoms. The first-order chi connectivity index (χ1) is 13.7. The molecule has 5 aliphatic rings. The molecule has 28 heavy (non-hydrogen) atoms. The third-order valence-corrected chi connectivity index (χ3v) is 7.72. The van der Waals surface area contributed by atoms with Crippen LogP contribution in [-0.4, -0.2) is 6.79 Å². The molecule has 7 rings (SSSR count). The lowest BCUT2D eigenvalue weighted by Gasteiger charge is -2.57. The van der Waals surface area contributed by atoms with Crippen molar-refractivity contribution in [2.45, 2.75) is 51.0 Å². The van der Waals surface area contributed by atoms with Gasteiger partial charge < -0.3 is 14.8 Å². The first-order valence-corrected chi connectivity index (χ1v) is 11.0. The summed E-state index contributed by atoms with van der Waals surface area (Å²) < 4.78 is 11.2. The van der Waals surface area contributed by atoms with Gasteiger partial charge in [0.1, 0.15) is 0 Å². The summed E-state index contributed by atoms with van der Waals surface area (Å²) in [6.07, 6.45) is 10.1. The highest BCUT2D eigenvalue weighted by molar-refractivity contribution is 5.49. The van der Waals surface area contributed by atoms with Crippen LogP contribution in [-0.2, 0) is 0 Å². The second-order valence-electron chi connectivity index (χ2n) is 9.80. The molecule has 0 amide bonds. The molecule has 2 aromatic rings. The van der Waals surface area contributed by atoms with E-state index in [1.807, 2.05) is 0 Å². The SMILES string of the molecule is c1ccc(N[C@@H](CC23CC4CC(CC(C4)C2)C3)c2ccc3c(c2)OCO3)cc1. The largest absolute Gasteiger partial charge is 0.454 e. The van der Waals surface area contributed by atoms with Crippen LogP contribution in [0.25, 0.3) is 0 Å². The van der Waals surface area contributed by atoms with E-state index in [9.17, 15) is 0 Å². The molecule has 146 valence electrons. The van der Waals surface area contributed by atoms with E-state index in [4.69, 9.17) is 9.47 Å². The number of benzene rings is 2. The Morgan fingerprint density at radius 1 is 0.857 bits per heavy atom. The molecular formula is C25H29NO2. The average molecular weight is 376 g/mol. The minimum absolute atomic E-state index is 0.313. The van der Waals surface area contributed by atoms with E-state index >= 15 is 0 Å². The van der Waals surface area contributed by atoms with Crippen LogP contribution >= 0.6 is 0 Å². The molecule has 0 radical (unpaired) electrons. The van der Waals surface area contributed by atoms with Gasteiger partial charge in [0.15, 0.2) is 11.5 Å². The summed E-state index contributed by atoms with van der Waals surface area (Å²) in [6.45, 7) is 0.338. The maximum Gasteiger partial charge on any atom is 0.231 e. The predicted molar refractivity (Wildman–Crippen MR) is 111 cm³/mol. The van der Waals surface area contributed by atoms with Crippen molar-refractivity contribution >= 4 is 5.69 Å². The Morgan fingerprint density at radius 2 is 1.54 bits per heavy atom. The number of hydrogen-bond donors (Lipinski definition) is 1. The maximum atomic E-state index is 5.68. The molecule has 2 aromatic carbocycles. The number of para-hydroxylation sites is 1. The van der Waals surface area contributed by atoms with Crippen molar-refractivity contribution in [3.8, 4) is 11.5 Å². The predicted octanol–water partition coefficient (Wildman–Crippen LogP) is 6.18. The Morgan fingerprint density at radius 3 is 2.25 bits per heavy atom. The Labute approximate surface area is 167 Å². The molecule has 1 aliphatic heterocycles. The highest BCUT2D eigenvalue weighted by atomic mass is 16.7. The average Bonchev–Trinajstić information content (AvgIpc) is 3.15. The highest BCUT2D eigenvalue weighted by Gasteiger charge is 2.51. The van der Waals surface area contributed by atoms with E-state index in [0.29, 0.717) is 18.2 Å². The molecule has 0 aromatic heterocycles. The molecule has 0 unspecified atom stereocenters. The van der Waals surface area contributed by atoms with Gasteiger partial charge in [-0.25, -0.2) is 0 Å². The Hall–Kier alpha value is -2.16. The monoisotopic (exact) mass is 375 g/mol. The van der Waals surface area contributed by atoms with Crippen molar-refractivity contribution < 1.29 is 9.47 Å². The summed E-state index contributed by atoms with van der Waals surface area (Å²) in [7, 11) is 0. The summed E-state index contributed by atoms with van der Waals surface area (Å²) in [5.74, 6) is 4.72. The molecule has 1 atom stereocenters. The smallest absolute Gasteiger partial charge is 0.231 e. The van der Waals surface area contributed by atoms with Crippen molar-refractivity contribution in [1.29, 1.82) is 0 Å². The van der Waals surface area contributed by atoms with Crippen molar-refractivity contribution in [2.75, 3.05) is 12.1 Å². The van der Waals surface area contributed by atoms with Crippen LogP contribution in [0.1, 0.15) is 56.6 Å². The van der Waals surface area contributed by atoms with Crippen LogP contribution in [0, 0.1) is 23.2 Å². The Kier molecular flexibility index (Phi) is 3.85. The quantitative estimate of drug-likeness (QED) is 0.677. The molecule has 4 fully saturated rings. The van der Waals surface area contributed by atoms with E-state index in [-0.39, 0.29) is 0 Å². The minimum Gasteiger partial charge on any atom is -0.454 e. The van der Waals surface area contributed by atoms with Gasteiger partial charge in [-0.3, -0.25) is 0 Å². The molecule has 1 N–H and O–H groups in total. The van der Waals surface area contributed by atoms with Gasteiger partial charge in [-0.05, 0) is 97.9 Å². The van der Waals surface area contributed by atoms with Crippen LogP contribution in [0.4, 0.5) is 5.69 Å². The van der Waals surface area contributed by atoms with Crippen molar-refractivity contribution in [2.24, 2.45) is 23.2 Å². The summed E-state index contributed by atoms with van der Waals surface area (Å²) in [4.78, 5) is 0. The standard InChI is InChI=1S/C25H29NO2/c1-2-4-21(5-3-1)26-22(20-6-7-23-24(11-20)28-16-27-23)15-25-12-17-8-18(13-25)10-19(9-17)14-25/h1-7,11,17-19,22,26H,8-10,12-16H2/t17?,18?,19?,22-,25?/m0/s1. The lowest BCUT2D eigenvalue weighted by atomic mass is 9.48. The maximum absolute atomic E-state index is 5.68. The van der Waals surface area contributed by atoms with Crippen molar-refractivity contribution in [1.82, 2.24) is 0 Å². The first-order valence-electron chi connectivity index (χ1n) is 11.0. The summed E-state index contributed by atoms with van der Waals surface area (Å²) >= 11 is 0. The van der Waals surface area contributed by atoms with Crippen molar-refractivity contribution in [3.05, 3.63) is 54.1 Å². The number of nitrogens with one attached hydrogen (secondary N) is 1. The summed E-state index contributed by atoms with van der Waals surface area (Å²) in [5.41, 5.74) is 3.05. The van der Waals surface area contributed by atoms with Crippen LogP contribution in [0.5, 0.6) is 11.5 Å². The zero-order chi connectivity index (χ0) is 18.6. The molecule has 3 nitrogen and oxygen atoms in total. The molecule has 4 saturated carbocycles. The fourth-order valence-electron chi connectivity index (χ4n) is 7.09. The second kappa shape index (κ2) is 6.43. The number of fused-ring (bicyclic) bond motifs is 1. The van der Waals surface area contributed by atoms with Gasteiger partial charge >= 0.3 is 0 Å². The highest BCUT2D eigenvalue weighted by Crippen LogP contribution is 2.62. The summed E-state index contributed by atoms with van der Waals surface area (Å²) in [6, 6.07) is 17.5. The van der Waals surface area contributed by atoms with Gasteiger partial charge in [0.2, 0.25) is 6.79 Å². The van der Waals surface area contributed by atoms with E-state index in [1.54, 1.807) is 0 Å². The fourth-order valence-corrected chi connectivity index (χ4v) is 7.09. The van der Waals surface area contributed by atoms with Crippen molar-refractivity contribution in [3.63, 3.8) is 0 Å². The third-order valence-electron chi connectivity index (χ3n) is 7.72. The topological polar surface area (TPSA) is 30.5 Å². The van der Waals surface area contributed by atoms with Crippen LogP contribution in [0.2, 0.25) is 0 Å². The van der Waals surface area contributed by atoms with E-state index in [0.717, 1.165) is 29.3 Å². The zero-order valence-electron chi connectivity index (χ0n) is 16.4. The van der Waals surface area contributed by atoms with Crippen LogP contribution in [0.3, 0.4) is 0 Å². The molecular weight excluding hydrogens is 346 g/mol. The van der Waals surface area contributed by atoms with Gasteiger partial charge in [0.05, 0.1) is 6.04 Å². The third kappa shape index (κ3) is 2.96. The fraction of sp³-hybridized carbons (Fsp3) is 0.520. The van der Waals surface area contributed by atoms with Gasteiger partial charge in [0.25, 0.3) is 0 Å². The zero-order valence-corrected chi connectivity index (χ0v) is 16.4. The van der Waals surface area contributed by atoms with Gasteiger partial charge in [0, 0.05) is 5.69 Å². The van der Waals surface area contributed by atoms with Crippen LogP contribution < -0.4 is 14.8 Å². The summed E-state index contributed by atoms with van der Waals surface area (Å²) in [5, 5.41) is 3.87. The molecule has 3 heteroatoms. The molecule has 0 saturated heterocycles. The lowest BCUT2D eigenvalue weighted by Crippen LogP contribution is -2.47. The van der Waals surface area contributed by atoms with E-state index in [2.05, 4.69) is 53.8 Å².